The van der Waals surface area contributed by atoms with Gasteiger partial charge < -0.3 is 25.3 Å². The fourth-order valence-corrected chi connectivity index (χ4v) is 4.51. The van der Waals surface area contributed by atoms with Gasteiger partial charge in [-0.1, -0.05) is 23.2 Å². The van der Waals surface area contributed by atoms with Gasteiger partial charge in [-0.05, 0) is 64.8 Å². The van der Waals surface area contributed by atoms with Crippen LogP contribution in [0.25, 0.3) is 10.9 Å². The highest BCUT2D eigenvalue weighted by atomic mass is 35.5. The minimum absolute atomic E-state index is 0.245. The van der Waals surface area contributed by atoms with Crippen molar-refractivity contribution in [3.8, 4) is 0 Å². The van der Waals surface area contributed by atoms with Gasteiger partial charge in [-0.15, -0.1) is 0 Å². The van der Waals surface area contributed by atoms with Gasteiger partial charge in [0, 0.05) is 31.0 Å². The number of hydrogen-bond acceptors (Lipinski definition) is 4. The van der Waals surface area contributed by atoms with E-state index in [1.807, 2.05) is 33.9 Å². The van der Waals surface area contributed by atoms with Crippen LogP contribution >= 0.6 is 23.2 Å². The molecule has 1 fully saturated rings. The molecule has 9 heteroatoms. The van der Waals surface area contributed by atoms with Gasteiger partial charge in [0.15, 0.2) is 0 Å². The summed E-state index contributed by atoms with van der Waals surface area (Å²) in [5.41, 5.74) is 5.95. The molecule has 2 heterocycles. The second kappa shape index (κ2) is 8.88. The van der Waals surface area contributed by atoms with Crippen molar-refractivity contribution >= 4 is 46.1 Å². The average molecular weight is 469 g/mol. The number of hydrogen-bond donors (Lipinski definition) is 2. The molecule has 0 radical (unpaired) electrons. The number of rotatable bonds is 4. The molecule has 2 aromatic rings. The number of nitrogens with two attached hydrogens (primary N) is 1. The molecule has 2 amide bonds. The topological polar surface area (TPSA) is 89.6 Å². The van der Waals surface area contributed by atoms with Gasteiger partial charge in [0.05, 0.1) is 15.6 Å². The lowest BCUT2D eigenvalue weighted by Gasteiger charge is -2.43. The van der Waals surface area contributed by atoms with E-state index in [-0.39, 0.29) is 12.0 Å². The first-order valence-electron chi connectivity index (χ1n) is 10.4. The molecule has 1 unspecified atom stereocenters. The van der Waals surface area contributed by atoms with Crippen molar-refractivity contribution in [2.45, 2.75) is 51.2 Å². The van der Waals surface area contributed by atoms with Crippen molar-refractivity contribution in [3.63, 3.8) is 0 Å². The smallest absolute Gasteiger partial charge is 0.410 e. The predicted molar refractivity (Wildman–Crippen MR) is 124 cm³/mol. The summed E-state index contributed by atoms with van der Waals surface area (Å²) in [5.74, 6) is -0.245. The normalized spacial score (nSPS) is 19.5. The molecule has 1 saturated heterocycles. The molecule has 1 aromatic heterocycles. The third-order valence-corrected chi connectivity index (χ3v) is 6.40. The molecule has 7 nitrogen and oxygen atoms in total. The van der Waals surface area contributed by atoms with Gasteiger partial charge in [-0.3, -0.25) is 4.79 Å². The number of aromatic nitrogens is 1. The molecule has 31 heavy (non-hydrogen) atoms. The monoisotopic (exact) mass is 468 g/mol. The van der Waals surface area contributed by atoms with Crippen LogP contribution in [0.1, 0.15) is 50.5 Å². The standard InChI is InChI=1S/C22H30Cl2N4O3/c1-21(2,3)31-20(30)28-11-5-8-22(13-28,9-10-25)26-19(29)17-12-14-16(27(17)4)7-6-15(23)18(14)24/h6-7,12H,5,8-11,13,25H2,1-4H3,(H,26,29). The van der Waals surface area contributed by atoms with Gasteiger partial charge in [0.1, 0.15) is 11.3 Å². The predicted octanol–water partition coefficient (Wildman–Crippen LogP) is 4.33. The molecule has 1 aliphatic heterocycles. The Morgan fingerprint density at radius 2 is 2.00 bits per heavy atom. The van der Waals surface area contributed by atoms with E-state index in [2.05, 4.69) is 5.32 Å². The first kappa shape index (κ1) is 23.7. The SMILES string of the molecule is Cn1c(C(=O)NC2(CCN)CCCN(C(=O)OC(C)(C)C)C2)cc2c(Cl)c(Cl)ccc21. The Kier molecular flexibility index (Phi) is 6.79. The Balaban J connectivity index is 1.86. The lowest BCUT2D eigenvalue weighted by molar-refractivity contribution is 0.00992. The van der Waals surface area contributed by atoms with Crippen molar-refractivity contribution in [1.82, 2.24) is 14.8 Å². The molecular formula is C22H30Cl2N4O3. The number of halogens is 2. The molecule has 0 bridgehead atoms. The van der Waals surface area contributed by atoms with E-state index >= 15 is 0 Å². The van der Waals surface area contributed by atoms with Crippen molar-refractivity contribution in [3.05, 3.63) is 33.9 Å². The molecule has 0 saturated carbocycles. The van der Waals surface area contributed by atoms with Gasteiger partial charge in [-0.2, -0.15) is 0 Å². The number of amides is 2. The van der Waals surface area contributed by atoms with Crippen LogP contribution in [0.3, 0.4) is 0 Å². The summed E-state index contributed by atoms with van der Waals surface area (Å²) in [5, 5.41) is 4.74. The van der Waals surface area contributed by atoms with E-state index in [1.54, 1.807) is 21.6 Å². The molecule has 170 valence electrons. The van der Waals surface area contributed by atoms with Crippen molar-refractivity contribution in [2.75, 3.05) is 19.6 Å². The molecule has 1 atom stereocenters. The number of benzene rings is 1. The Morgan fingerprint density at radius 3 is 2.65 bits per heavy atom. The van der Waals surface area contributed by atoms with Crippen LogP contribution in [0, 0.1) is 0 Å². The fraction of sp³-hybridized carbons (Fsp3) is 0.545. The summed E-state index contributed by atoms with van der Waals surface area (Å²) < 4.78 is 7.32. The summed E-state index contributed by atoms with van der Waals surface area (Å²) in [6.45, 7) is 6.82. The highest BCUT2D eigenvalue weighted by Gasteiger charge is 2.39. The van der Waals surface area contributed by atoms with Crippen LogP contribution in [-0.2, 0) is 11.8 Å². The highest BCUT2D eigenvalue weighted by Crippen LogP contribution is 2.33. The van der Waals surface area contributed by atoms with Crippen LogP contribution in [0.15, 0.2) is 18.2 Å². The number of likely N-dealkylation sites (tertiary alicyclic amines) is 1. The van der Waals surface area contributed by atoms with Crippen LogP contribution < -0.4 is 11.1 Å². The van der Waals surface area contributed by atoms with E-state index in [0.29, 0.717) is 47.2 Å². The Morgan fingerprint density at radius 1 is 1.29 bits per heavy atom. The Hall–Kier alpha value is -1.96. The molecule has 1 aliphatic rings. The minimum Gasteiger partial charge on any atom is -0.444 e. The molecule has 3 rings (SSSR count). The zero-order valence-corrected chi connectivity index (χ0v) is 19.9. The van der Waals surface area contributed by atoms with Gasteiger partial charge in [-0.25, -0.2) is 4.79 Å². The van der Waals surface area contributed by atoms with Crippen LogP contribution in [0.5, 0.6) is 0 Å². The van der Waals surface area contributed by atoms with Crippen molar-refractivity contribution in [1.29, 1.82) is 0 Å². The van der Waals surface area contributed by atoms with Gasteiger partial charge in [0.2, 0.25) is 0 Å². The summed E-state index contributed by atoms with van der Waals surface area (Å²) in [6, 6.07) is 5.29. The number of nitrogens with one attached hydrogen (secondary N) is 1. The molecule has 0 spiro atoms. The van der Waals surface area contributed by atoms with Crippen molar-refractivity contribution in [2.24, 2.45) is 12.8 Å². The van der Waals surface area contributed by atoms with Crippen LogP contribution in [0.4, 0.5) is 4.79 Å². The summed E-state index contributed by atoms with van der Waals surface area (Å²) >= 11 is 12.5. The van der Waals surface area contributed by atoms with E-state index < -0.39 is 11.1 Å². The summed E-state index contributed by atoms with van der Waals surface area (Å²) in [6.07, 6.45) is 1.64. The molecule has 1 aromatic carbocycles. The molecule has 0 aliphatic carbocycles. The molecular weight excluding hydrogens is 439 g/mol. The average Bonchev–Trinajstić information content (AvgIpc) is 3.01. The maximum Gasteiger partial charge on any atom is 0.410 e. The Bertz CT molecular complexity index is 995. The van der Waals surface area contributed by atoms with Crippen LogP contribution in [0.2, 0.25) is 10.0 Å². The zero-order chi connectivity index (χ0) is 23.0. The third kappa shape index (κ3) is 5.10. The number of nitrogens with zero attached hydrogens (tertiary/aromatic N) is 2. The summed E-state index contributed by atoms with van der Waals surface area (Å²) in [4.78, 5) is 27.6. The second-order valence-corrected chi connectivity index (χ2v) is 9.95. The number of fused-ring (bicyclic) bond motifs is 1. The van der Waals surface area contributed by atoms with Gasteiger partial charge in [0.25, 0.3) is 5.91 Å². The first-order valence-corrected chi connectivity index (χ1v) is 11.2. The lowest BCUT2D eigenvalue weighted by Crippen LogP contribution is -2.61. The van der Waals surface area contributed by atoms with E-state index in [1.165, 1.54) is 0 Å². The Labute approximate surface area is 192 Å². The number of aryl methyl sites for hydroxylation is 1. The first-order chi connectivity index (χ1) is 14.5. The van der Waals surface area contributed by atoms with Crippen LogP contribution in [-0.4, -0.2) is 52.2 Å². The molecule has 3 N–H and O–H groups in total. The van der Waals surface area contributed by atoms with E-state index in [4.69, 9.17) is 33.7 Å². The van der Waals surface area contributed by atoms with E-state index in [0.717, 1.165) is 18.4 Å². The van der Waals surface area contributed by atoms with E-state index in [9.17, 15) is 9.59 Å². The maximum absolute atomic E-state index is 13.3. The maximum atomic E-state index is 13.3. The van der Waals surface area contributed by atoms with Gasteiger partial charge >= 0.3 is 6.09 Å². The zero-order valence-electron chi connectivity index (χ0n) is 18.4. The number of ether oxygens (including phenoxy) is 1. The third-order valence-electron chi connectivity index (χ3n) is 5.58. The number of carbonyl (C=O) groups excluding carboxylic acids is 2. The largest absolute Gasteiger partial charge is 0.444 e. The fourth-order valence-electron chi connectivity index (χ4n) is 4.13. The quantitative estimate of drug-likeness (QED) is 0.698. The van der Waals surface area contributed by atoms with Crippen molar-refractivity contribution < 1.29 is 14.3 Å². The summed E-state index contributed by atoms with van der Waals surface area (Å²) in [7, 11) is 1.81. The highest BCUT2D eigenvalue weighted by molar-refractivity contribution is 6.45. The number of carbonyl (C=O) groups is 2. The number of piperidine rings is 1. The lowest BCUT2D eigenvalue weighted by atomic mass is 9.85. The second-order valence-electron chi connectivity index (χ2n) is 9.16. The minimum atomic E-state index is -0.626.